The van der Waals surface area contributed by atoms with E-state index in [0.29, 0.717) is 5.92 Å². The number of benzene rings is 10. The van der Waals surface area contributed by atoms with Crippen molar-refractivity contribution >= 4 is 32.3 Å². The molecule has 0 radical (unpaired) electrons. The third kappa shape index (κ3) is 6.21. The van der Waals surface area contributed by atoms with Crippen LogP contribution in [0.15, 0.2) is 212 Å². The van der Waals surface area contributed by atoms with Crippen LogP contribution in [0.25, 0.3) is 99.1 Å². The van der Waals surface area contributed by atoms with Crippen molar-refractivity contribution < 1.29 is 0 Å². The van der Waals surface area contributed by atoms with Gasteiger partial charge in [0.1, 0.15) is 0 Å². The first kappa shape index (κ1) is 34.5. The lowest BCUT2D eigenvalue weighted by molar-refractivity contribution is 0.867. The number of hydrogen-bond acceptors (Lipinski definition) is 0. The van der Waals surface area contributed by atoms with Crippen molar-refractivity contribution in [3.63, 3.8) is 0 Å². The maximum absolute atomic E-state index is 2.44. The molecule has 0 aliphatic rings. The fraction of sp³-hybridized carbons (Fsp3) is 0.0526. The van der Waals surface area contributed by atoms with E-state index >= 15 is 0 Å². The van der Waals surface area contributed by atoms with Crippen molar-refractivity contribution in [2.45, 2.75) is 19.8 Å². The van der Waals surface area contributed by atoms with Crippen LogP contribution >= 0.6 is 0 Å². The first-order valence-electron chi connectivity index (χ1n) is 20.0. The highest BCUT2D eigenvalue weighted by Crippen LogP contribution is 2.47. The largest absolute Gasteiger partial charge is 0.0622 e. The first-order chi connectivity index (χ1) is 28.1. The van der Waals surface area contributed by atoms with Crippen LogP contribution < -0.4 is 0 Å². The highest BCUT2D eigenvalue weighted by atomic mass is 14.2. The molecule has 10 aromatic rings. The Hall–Kier alpha value is -7.02. The molecule has 0 aliphatic carbocycles. The van der Waals surface area contributed by atoms with E-state index in [1.165, 1.54) is 105 Å². The molecule has 0 fully saturated rings. The second-order valence-electron chi connectivity index (χ2n) is 15.4. The smallest absolute Gasteiger partial charge is 0.00261 e. The van der Waals surface area contributed by atoms with Crippen LogP contribution in [0, 0.1) is 0 Å². The van der Waals surface area contributed by atoms with E-state index in [4.69, 9.17) is 0 Å². The highest BCUT2D eigenvalue weighted by molar-refractivity contribution is 6.21. The number of rotatable bonds is 7. The SMILES string of the molecule is CC(C)c1cccc(-c2c3ccccc3c(-c3ccc(-c4ccccc4)c(-c4ccccc4-c4ccc(-c5cccc6ccccc56)cc4)c3)c3ccccc23)c1. The van der Waals surface area contributed by atoms with Gasteiger partial charge < -0.3 is 0 Å². The van der Waals surface area contributed by atoms with E-state index in [2.05, 4.69) is 226 Å². The Balaban J connectivity index is 1.18. The van der Waals surface area contributed by atoms with Gasteiger partial charge in [-0.2, -0.15) is 0 Å². The topological polar surface area (TPSA) is 0 Å². The van der Waals surface area contributed by atoms with E-state index in [-0.39, 0.29) is 0 Å². The molecule has 0 spiro atoms. The lowest BCUT2D eigenvalue weighted by Crippen LogP contribution is -1.94. The van der Waals surface area contributed by atoms with Crippen LogP contribution in [0.5, 0.6) is 0 Å². The van der Waals surface area contributed by atoms with Gasteiger partial charge in [0.05, 0.1) is 0 Å². The van der Waals surface area contributed by atoms with Gasteiger partial charge in [-0.1, -0.05) is 220 Å². The van der Waals surface area contributed by atoms with Crippen LogP contribution in [-0.4, -0.2) is 0 Å². The van der Waals surface area contributed by atoms with E-state index in [0.717, 1.165) is 0 Å². The van der Waals surface area contributed by atoms with Crippen molar-refractivity contribution in [1.82, 2.24) is 0 Å². The van der Waals surface area contributed by atoms with E-state index in [1.54, 1.807) is 0 Å². The van der Waals surface area contributed by atoms with Crippen LogP contribution in [0.4, 0.5) is 0 Å². The van der Waals surface area contributed by atoms with Crippen molar-refractivity contribution in [3.05, 3.63) is 218 Å². The summed E-state index contributed by atoms with van der Waals surface area (Å²) in [5.41, 5.74) is 16.1. The fourth-order valence-electron chi connectivity index (χ4n) is 8.87. The van der Waals surface area contributed by atoms with Gasteiger partial charge in [-0.3, -0.25) is 0 Å². The van der Waals surface area contributed by atoms with Gasteiger partial charge in [-0.15, -0.1) is 0 Å². The predicted octanol–water partition coefficient (Wildman–Crippen LogP) is 16.3. The Morgan fingerprint density at radius 3 is 1.33 bits per heavy atom. The molecular weight excluding hydrogens is 685 g/mol. The summed E-state index contributed by atoms with van der Waals surface area (Å²) in [4.78, 5) is 0. The molecule has 0 unspecified atom stereocenters. The van der Waals surface area contributed by atoms with Gasteiger partial charge in [0.2, 0.25) is 0 Å². The zero-order valence-electron chi connectivity index (χ0n) is 32.3. The lowest BCUT2D eigenvalue weighted by atomic mass is 9.83. The molecule has 0 nitrogen and oxygen atoms in total. The number of hydrogen-bond donors (Lipinski definition) is 0. The minimum absolute atomic E-state index is 0.452. The van der Waals surface area contributed by atoms with Crippen molar-refractivity contribution in [1.29, 1.82) is 0 Å². The fourth-order valence-corrected chi connectivity index (χ4v) is 8.87. The highest BCUT2D eigenvalue weighted by Gasteiger charge is 2.20. The van der Waals surface area contributed by atoms with Crippen LogP contribution in [0.1, 0.15) is 25.3 Å². The van der Waals surface area contributed by atoms with Gasteiger partial charge in [0, 0.05) is 0 Å². The van der Waals surface area contributed by atoms with Crippen molar-refractivity contribution in [3.8, 4) is 66.8 Å². The number of fused-ring (bicyclic) bond motifs is 3. The summed E-state index contributed by atoms with van der Waals surface area (Å²) < 4.78 is 0. The van der Waals surface area contributed by atoms with Gasteiger partial charge in [-0.25, -0.2) is 0 Å². The lowest BCUT2D eigenvalue weighted by Gasteiger charge is -2.20. The maximum atomic E-state index is 2.44. The Kier molecular flexibility index (Phi) is 8.81. The summed E-state index contributed by atoms with van der Waals surface area (Å²) in [7, 11) is 0. The molecule has 0 bridgehead atoms. The molecule has 0 heterocycles. The van der Waals surface area contributed by atoms with Crippen LogP contribution in [0.2, 0.25) is 0 Å². The molecular formula is C57H42. The van der Waals surface area contributed by atoms with Gasteiger partial charge in [-0.05, 0) is 117 Å². The monoisotopic (exact) mass is 726 g/mol. The van der Waals surface area contributed by atoms with Gasteiger partial charge in [0.25, 0.3) is 0 Å². The first-order valence-corrected chi connectivity index (χ1v) is 20.0. The molecule has 270 valence electrons. The molecule has 57 heavy (non-hydrogen) atoms. The Morgan fingerprint density at radius 2 is 0.684 bits per heavy atom. The van der Waals surface area contributed by atoms with Crippen LogP contribution in [0.3, 0.4) is 0 Å². The molecule has 0 N–H and O–H groups in total. The maximum Gasteiger partial charge on any atom is -0.00261 e. The molecule has 10 rings (SSSR count). The molecule has 0 amide bonds. The van der Waals surface area contributed by atoms with E-state index in [1.807, 2.05) is 0 Å². The van der Waals surface area contributed by atoms with Crippen molar-refractivity contribution in [2.75, 3.05) is 0 Å². The average Bonchev–Trinajstić information content (AvgIpc) is 3.28. The average molecular weight is 727 g/mol. The zero-order chi connectivity index (χ0) is 38.3. The zero-order valence-corrected chi connectivity index (χ0v) is 32.3. The van der Waals surface area contributed by atoms with E-state index in [9.17, 15) is 0 Å². The minimum atomic E-state index is 0.452. The summed E-state index contributed by atoms with van der Waals surface area (Å²) in [6.07, 6.45) is 0. The quantitative estimate of drug-likeness (QED) is 0.143. The molecule has 0 heteroatoms. The predicted molar refractivity (Wildman–Crippen MR) is 246 cm³/mol. The molecule has 0 saturated carbocycles. The standard InChI is InChI=1S/C57H42/c1-38(2)43-20-14-21-44(36-43)56-51-25-10-12-27-53(51)57(54-28-13-11-26-52(54)56)45-34-35-49(39-16-4-3-5-17-39)55(37-45)50-24-9-8-23-48(50)42-32-30-41(31-33-42)47-29-15-19-40-18-6-7-22-46(40)47/h3-38H,1-2H3. The third-order valence-corrected chi connectivity index (χ3v) is 11.7. The molecule has 0 saturated heterocycles. The Bertz CT molecular complexity index is 3010. The van der Waals surface area contributed by atoms with Crippen LogP contribution in [-0.2, 0) is 0 Å². The second kappa shape index (κ2) is 14.6. The molecule has 0 aliphatic heterocycles. The summed E-state index contributed by atoms with van der Waals surface area (Å²) in [6.45, 7) is 4.54. The Morgan fingerprint density at radius 1 is 0.263 bits per heavy atom. The normalized spacial score (nSPS) is 11.5. The summed E-state index contributed by atoms with van der Waals surface area (Å²) >= 11 is 0. The summed E-state index contributed by atoms with van der Waals surface area (Å²) in [6, 6.07) is 78.3. The molecule has 10 aromatic carbocycles. The third-order valence-electron chi connectivity index (χ3n) is 11.7. The second-order valence-corrected chi connectivity index (χ2v) is 15.4. The van der Waals surface area contributed by atoms with Gasteiger partial charge >= 0.3 is 0 Å². The molecule has 0 aromatic heterocycles. The van der Waals surface area contributed by atoms with Crippen molar-refractivity contribution in [2.24, 2.45) is 0 Å². The summed E-state index contributed by atoms with van der Waals surface area (Å²) in [5.74, 6) is 0.452. The van der Waals surface area contributed by atoms with Gasteiger partial charge in [0.15, 0.2) is 0 Å². The molecule has 0 atom stereocenters. The Labute approximate surface area is 335 Å². The minimum Gasteiger partial charge on any atom is -0.0622 e. The van der Waals surface area contributed by atoms with E-state index < -0.39 is 0 Å². The summed E-state index contributed by atoms with van der Waals surface area (Å²) in [5, 5.41) is 7.59.